The van der Waals surface area contributed by atoms with Gasteiger partial charge in [0.05, 0.1) is 4.88 Å². The molecular formula is C19H17NS2. The Balaban J connectivity index is 2.13. The first-order valence-electron chi connectivity index (χ1n) is 7.17. The Bertz CT molecular complexity index is 793. The van der Waals surface area contributed by atoms with Crippen molar-refractivity contribution in [3.63, 3.8) is 0 Å². The van der Waals surface area contributed by atoms with Crippen molar-refractivity contribution < 1.29 is 0 Å². The Morgan fingerprint density at radius 1 is 1.18 bits per heavy atom. The quantitative estimate of drug-likeness (QED) is 0.498. The van der Waals surface area contributed by atoms with Crippen LogP contribution in [0.1, 0.15) is 18.7 Å². The summed E-state index contributed by atoms with van der Waals surface area (Å²) in [7, 11) is 0. The van der Waals surface area contributed by atoms with Gasteiger partial charge in [0.25, 0.3) is 0 Å². The summed E-state index contributed by atoms with van der Waals surface area (Å²) in [5.74, 6) is 0. The van der Waals surface area contributed by atoms with E-state index in [0.29, 0.717) is 0 Å². The number of thiophene rings is 2. The number of hydrogen-bond acceptors (Lipinski definition) is 3. The minimum absolute atomic E-state index is 1.22. The summed E-state index contributed by atoms with van der Waals surface area (Å²) in [6.07, 6.45) is 10.0. The molecule has 0 radical (unpaired) electrons. The molecule has 0 aliphatic heterocycles. The van der Waals surface area contributed by atoms with Crippen LogP contribution in [0, 0.1) is 0 Å². The van der Waals surface area contributed by atoms with Gasteiger partial charge < -0.3 is 0 Å². The van der Waals surface area contributed by atoms with Gasteiger partial charge in [-0.1, -0.05) is 24.3 Å². The van der Waals surface area contributed by atoms with E-state index < -0.39 is 0 Å². The fraction of sp³-hybridized carbons (Fsp3) is 0.105. The van der Waals surface area contributed by atoms with Gasteiger partial charge in [-0.3, -0.25) is 4.98 Å². The second-order valence-corrected chi connectivity index (χ2v) is 6.94. The van der Waals surface area contributed by atoms with Crippen LogP contribution >= 0.6 is 22.7 Å². The Morgan fingerprint density at radius 3 is 2.68 bits per heavy atom. The van der Waals surface area contributed by atoms with E-state index in [9.17, 15) is 0 Å². The molecule has 0 aliphatic carbocycles. The molecule has 0 amide bonds. The van der Waals surface area contributed by atoms with Crippen LogP contribution < -0.4 is 0 Å². The van der Waals surface area contributed by atoms with Crippen molar-refractivity contribution in [1.82, 2.24) is 4.98 Å². The molecule has 3 rings (SSSR count). The third kappa shape index (κ3) is 3.11. The van der Waals surface area contributed by atoms with Gasteiger partial charge in [0.2, 0.25) is 0 Å². The first-order valence-corrected chi connectivity index (χ1v) is 8.87. The van der Waals surface area contributed by atoms with E-state index in [1.165, 1.54) is 31.3 Å². The zero-order valence-electron chi connectivity index (χ0n) is 12.6. The van der Waals surface area contributed by atoms with Crippen LogP contribution in [0.2, 0.25) is 0 Å². The number of allylic oxidation sites excluding steroid dienone is 4. The first kappa shape index (κ1) is 14.9. The zero-order chi connectivity index (χ0) is 15.4. The minimum atomic E-state index is 1.22. The summed E-state index contributed by atoms with van der Waals surface area (Å²) in [6.45, 7) is 4.21. The van der Waals surface area contributed by atoms with Gasteiger partial charge in [-0.25, -0.2) is 0 Å². The Labute approximate surface area is 139 Å². The van der Waals surface area contributed by atoms with Crippen molar-refractivity contribution in [2.24, 2.45) is 0 Å². The second-order valence-electron chi connectivity index (χ2n) is 4.94. The lowest BCUT2D eigenvalue weighted by Gasteiger charge is -2.01. The zero-order valence-corrected chi connectivity index (χ0v) is 14.2. The lowest BCUT2D eigenvalue weighted by molar-refractivity contribution is 1.33. The van der Waals surface area contributed by atoms with Crippen LogP contribution in [-0.4, -0.2) is 4.98 Å². The van der Waals surface area contributed by atoms with Crippen LogP contribution in [0.3, 0.4) is 0 Å². The third-order valence-electron chi connectivity index (χ3n) is 3.40. The van der Waals surface area contributed by atoms with Gasteiger partial charge in [-0.15, -0.1) is 22.7 Å². The lowest BCUT2D eigenvalue weighted by Crippen LogP contribution is -1.77. The smallest absolute Gasteiger partial charge is 0.0527 e. The average Bonchev–Trinajstić information content (AvgIpc) is 3.22. The van der Waals surface area contributed by atoms with Crippen molar-refractivity contribution >= 4 is 28.2 Å². The largest absolute Gasteiger partial charge is 0.265 e. The number of nitrogens with zero attached hydrogens (tertiary/aromatic N) is 1. The van der Waals surface area contributed by atoms with Crippen LogP contribution in [0.4, 0.5) is 0 Å². The minimum Gasteiger partial charge on any atom is -0.265 e. The molecule has 0 atom stereocenters. The van der Waals surface area contributed by atoms with Crippen LogP contribution in [-0.2, 0) is 0 Å². The molecule has 0 fully saturated rings. The molecule has 0 unspecified atom stereocenters. The van der Waals surface area contributed by atoms with Crippen molar-refractivity contribution in [1.29, 1.82) is 0 Å². The average molecular weight is 323 g/mol. The molecule has 0 aliphatic rings. The van der Waals surface area contributed by atoms with Crippen molar-refractivity contribution in [2.45, 2.75) is 13.8 Å². The van der Waals surface area contributed by atoms with Gasteiger partial charge in [0, 0.05) is 27.7 Å². The summed E-state index contributed by atoms with van der Waals surface area (Å²) in [5, 5.41) is 2.13. The molecule has 3 heterocycles. The molecule has 3 aromatic rings. The highest BCUT2D eigenvalue weighted by molar-refractivity contribution is 7.22. The maximum atomic E-state index is 4.13. The predicted octanol–water partition coefficient (Wildman–Crippen LogP) is 6.52. The van der Waals surface area contributed by atoms with Crippen LogP contribution in [0.15, 0.2) is 66.3 Å². The predicted molar refractivity (Wildman–Crippen MR) is 99.3 cm³/mol. The van der Waals surface area contributed by atoms with Crippen molar-refractivity contribution in [2.75, 3.05) is 0 Å². The first-order chi connectivity index (χ1) is 10.8. The highest BCUT2D eigenvalue weighted by Crippen LogP contribution is 2.43. The number of aromatic nitrogens is 1. The van der Waals surface area contributed by atoms with E-state index in [1.54, 1.807) is 11.3 Å². The van der Waals surface area contributed by atoms with Gasteiger partial charge in [-0.05, 0) is 54.6 Å². The molecule has 3 aromatic heterocycles. The van der Waals surface area contributed by atoms with E-state index in [0.717, 1.165) is 0 Å². The van der Waals surface area contributed by atoms with Gasteiger partial charge in [0.15, 0.2) is 0 Å². The maximum absolute atomic E-state index is 4.13. The molecule has 0 saturated heterocycles. The summed E-state index contributed by atoms with van der Waals surface area (Å²) in [5.41, 5.74) is 3.80. The van der Waals surface area contributed by atoms with E-state index in [4.69, 9.17) is 0 Å². The Hall–Kier alpha value is -1.97. The summed E-state index contributed by atoms with van der Waals surface area (Å²) in [4.78, 5) is 8.10. The number of rotatable bonds is 4. The molecule has 110 valence electrons. The molecule has 1 nitrogen and oxygen atoms in total. The SMILES string of the molecule is C/C=C\C=C(/C)c1cc(-c2ccncc2)c(-c2cccs2)s1. The summed E-state index contributed by atoms with van der Waals surface area (Å²) >= 11 is 3.65. The maximum Gasteiger partial charge on any atom is 0.0527 e. The standard InChI is InChI=1S/C19H17NS2/c1-3-4-6-14(2)18-13-16(15-8-10-20-11-9-15)19(22-18)17-7-5-12-21-17/h3-13H,1-2H3/b4-3-,14-6+. The van der Waals surface area contributed by atoms with E-state index in [1.807, 2.05) is 30.7 Å². The van der Waals surface area contributed by atoms with Crippen LogP contribution in [0.25, 0.3) is 26.5 Å². The lowest BCUT2D eigenvalue weighted by atomic mass is 10.1. The summed E-state index contributed by atoms with van der Waals surface area (Å²) < 4.78 is 0. The second kappa shape index (κ2) is 6.86. The van der Waals surface area contributed by atoms with Gasteiger partial charge in [-0.2, -0.15) is 0 Å². The fourth-order valence-electron chi connectivity index (χ4n) is 2.24. The molecule has 0 N–H and O–H groups in total. The van der Waals surface area contributed by atoms with E-state index >= 15 is 0 Å². The Kier molecular flexibility index (Phi) is 4.66. The summed E-state index contributed by atoms with van der Waals surface area (Å²) in [6, 6.07) is 10.8. The Morgan fingerprint density at radius 2 is 2.00 bits per heavy atom. The fourth-order valence-corrected chi connectivity index (χ4v) is 4.27. The van der Waals surface area contributed by atoms with Gasteiger partial charge >= 0.3 is 0 Å². The normalized spacial score (nSPS) is 12.2. The molecule has 22 heavy (non-hydrogen) atoms. The number of pyridine rings is 1. The molecular weight excluding hydrogens is 306 g/mol. The van der Waals surface area contributed by atoms with Crippen molar-refractivity contribution in [3.8, 4) is 20.9 Å². The van der Waals surface area contributed by atoms with E-state index in [2.05, 4.69) is 65.8 Å². The highest BCUT2D eigenvalue weighted by atomic mass is 32.1. The van der Waals surface area contributed by atoms with Crippen LogP contribution in [0.5, 0.6) is 0 Å². The van der Waals surface area contributed by atoms with Crippen molar-refractivity contribution in [3.05, 3.63) is 71.2 Å². The molecule has 3 heteroatoms. The number of hydrogen-bond donors (Lipinski definition) is 0. The monoisotopic (exact) mass is 323 g/mol. The molecule has 0 bridgehead atoms. The molecule has 0 saturated carbocycles. The topological polar surface area (TPSA) is 12.9 Å². The molecule has 0 aromatic carbocycles. The molecule has 0 spiro atoms. The third-order valence-corrected chi connectivity index (χ3v) is 5.72. The highest BCUT2D eigenvalue weighted by Gasteiger charge is 2.14. The van der Waals surface area contributed by atoms with E-state index in [-0.39, 0.29) is 0 Å². The van der Waals surface area contributed by atoms with Gasteiger partial charge in [0.1, 0.15) is 0 Å².